The maximum absolute atomic E-state index is 5.67. The molecule has 1 aliphatic heterocycles. The summed E-state index contributed by atoms with van der Waals surface area (Å²) >= 11 is 0. The van der Waals surface area contributed by atoms with Crippen molar-refractivity contribution in [1.82, 2.24) is 0 Å². The van der Waals surface area contributed by atoms with E-state index in [1.165, 1.54) is 44.5 Å². The minimum absolute atomic E-state index is 0.833. The summed E-state index contributed by atoms with van der Waals surface area (Å²) in [7, 11) is 0. The minimum atomic E-state index is 0.833. The summed E-state index contributed by atoms with van der Waals surface area (Å²) in [6.45, 7) is 5.43. The number of unbranched alkanes of at least 4 members (excludes halogenated alkanes) is 1. The van der Waals surface area contributed by atoms with Gasteiger partial charge in [-0.3, -0.25) is 0 Å². The van der Waals surface area contributed by atoms with Crippen molar-refractivity contribution < 1.29 is 4.74 Å². The largest absolute Gasteiger partial charge is 0.494 e. The summed E-state index contributed by atoms with van der Waals surface area (Å²) in [4.78, 5) is 2.47. The standard InChI is InChI=1S/C15H23NO/c1-2-3-13-17-15-9-7-14(8-10-15)16-11-5-4-6-12-16/h7-10H,2-6,11-13H2,1H3. The Labute approximate surface area is 105 Å². The van der Waals surface area contributed by atoms with Gasteiger partial charge in [0.2, 0.25) is 0 Å². The molecule has 0 radical (unpaired) electrons. The normalized spacial score (nSPS) is 15.9. The van der Waals surface area contributed by atoms with Crippen LogP contribution < -0.4 is 9.64 Å². The molecule has 1 heterocycles. The van der Waals surface area contributed by atoms with Crippen LogP contribution in [0, 0.1) is 0 Å². The Morgan fingerprint density at radius 2 is 1.76 bits per heavy atom. The van der Waals surface area contributed by atoms with Gasteiger partial charge in [0.05, 0.1) is 6.61 Å². The first kappa shape index (κ1) is 12.3. The molecule has 94 valence electrons. The molecule has 0 unspecified atom stereocenters. The predicted octanol–water partition coefficient (Wildman–Crippen LogP) is 3.86. The number of hydrogen-bond acceptors (Lipinski definition) is 2. The number of piperidine rings is 1. The molecule has 1 aromatic rings. The van der Waals surface area contributed by atoms with Crippen LogP contribution in [0.2, 0.25) is 0 Å². The highest BCUT2D eigenvalue weighted by Gasteiger charge is 2.10. The van der Waals surface area contributed by atoms with E-state index in [0.29, 0.717) is 0 Å². The Hall–Kier alpha value is -1.18. The first-order chi connectivity index (χ1) is 8.40. The summed E-state index contributed by atoms with van der Waals surface area (Å²) < 4.78 is 5.67. The lowest BCUT2D eigenvalue weighted by Crippen LogP contribution is -2.29. The van der Waals surface area contributed by atoms with Crippen molar-refractivity contribution in [2.75, 3.05) is 24.6 Å². The van der Waals surface area contributed by atoms with Gasteiger partial charge in [-0.1, -0.05) is 13.3 Å². The summed E-state index contributed by atoms with van der Waals surface area (Å²) in [6.07, 6.45) is 6.36. The molecular weight excluding hydrogens is 210 g/mol. The quantitative estimate of drug-likeness (QED) is 0.716. The molecule has 0 bridgehead atoms. The number of benzene rings is 1. The maximum atomic E-state index is 5.67. The number of ether oxygens (including phenoxy) is 1. The van der Waals surface area contributed by atoms with Gasteiger partial charge in [0.25, 0.3) is 0 Å². The zero-order valence-corrected chi connectivity index (χ0v) is 10.8. The molecule has 2 nitrogen and oxygen atoms in total. The molecular formula is C15H23NO. The Morgan fingerprint density at radius 3 is 2.41 bits per heavy atom. The Balaban J connectivity index is 1.88. The molecule has 1 fully saturated rings. The lowest BCUT2D eigenvalue weighted by atomic mass is 10.1. The highest BCUT2D eigenvalue weighted by atomic mass is 16.5. The van der Waals surface area contributed by atoms with Crippen molar-refractivity contribution >= 4 is 5.69 Å². The molecule has 0 saturated carbocycles. The maximum Gasteiger partial charge on any atom is 0.119 e. The van der Waals surface area contributed by atoms with E-state index in [-0.39, 0.29) is 0 Å². The van der Waals surface area contributed by atoms with Crippen LogP contribution in [-0.2, 0) is 0 Å². The van der Waals surface area contributed by atoms with Gasteiger partial charge in [-0.15, -0.1) is 0 Å². The number of rotatable bonds is 5. The Kier molecular flexibility index (Phi) is 4.72. The SMILES string of the molecule is CCCCOc1ccc(N2CCCCC2)cc1. The van der Waals surface area contributed by atoms with E-state index in [1.807, 2.05) is 0 Å². The van der Waals surface area contributed by atoms with Crippen molar-refractivity contribution in [2.24, 2.45) is 0 Å². The van der Waals surface area contributed by atoms with Gasteiger partial charge in [-0.2, -0.15) is 0 Å². The molecule has 0 N–H and O–H groups in total. The van der Waals surface area contributed by atoms with Crippen LogP contribution in [0.4, 0.5) is 5.69 Å². The third-order valence-corrected chi connectivity index (χ3v) is 3.32. The first-order valence-corrected chi connectivity index (χ1v) is 6.88. The average molecular weight is 233 g/mol. The van der Waals surface area contributed by atoms with Crippen LogP contribution in [0.3, 0.4) is 0 Å². The van der Waals surface area contributed by atoms with Crippen molar-refractivity contribution in [2.45, 2.75) is 39.0 Å². The fourth-order valence-corrected chi connectivity index (χ4v) is 2.24. The van der Waals surface area contributed by atoms with Crippen LogP contribution in [0.25, 0.3) is 0 Å². The Bertz CT molecular complexity index is 314. The monoisotopic (exact) mass is 233 g/mol. The van der Waals surface area contributed by atoms with Gasteiger partial charge in [0.1, 0.15) is 5.75 Å². The number of nitrogens with zero attached hydrogens (tertiary/aromatic N) is 1. The van der Waals surface area contributed by atoms with Crippen LogP contribution in [0.15, 0.2) is 24.3 Å². The Morgan fingerprint density at radius 1 is 1.06 bits per heavy atom. The average Bonchev–Trinajstić information content (AvgIpc) is 2.41. The van der Waals surface area contributed by atoms with Gasteiger partial charge < -0.3 is 9.64 Å². The van der Waals surface area contributed by atoms with Gasteiger partial charge in [-0.05, 0) is 49.9 Å². The topological polar surface area (TPSA) is 12.5 Å². The van der Waals surface area contributed by atoms with Crippen molar-refractivity contribution in [3.8, 4) is 5.75 Å². The molecule has 1 saturated heterocycles. The zero-order chi connectivity index (χ0) is 11.9. The molecule has 2 heteroatoms. The lowest BCUT2D eigenvalue weighted by Gasteiger charge is -2.28. The molecule has 2 rings (SSSR count). The van der Waals surface area contributed by atoms with Gasteiger partial charge in [0.15, 0.2) is 0 Å². The zero-order valence-electron chi connectivity index (χ0n) is 10.8. The van der Waals surface area contributed by atoms with E-state index in [1.54, 1.807) is 0 Å². The van der Waals surface area contributed by atoms with Crippen molar-refractivity contribution in [1.29, 1.82) is 0 Å². The predicted molar refractivity (Wildman–Crippen MR) is 72.9 cm³/mol. The highest BCUT2D eigenvalue weighted by molar-refractivity contribution is 5.49. The molecule has 0 aromatic heterocycles. The summed E-state index contributed by atoms with van der Waals surface area (Å²) in [5, 5.41) is 0. The van der Waals surface area contributed by atoms with Crippen molar-refractivity contribution in [3.05, 3.63) is 24.3 Å². The molecule has 1 aliphatic rings. The number of anilines is 1. The van der Waals surface area contributed by atoms with E-state index in [2.05, 4.69) is 36.1 Å². The smallest absolute Gasteiger partial charge is 0.119 e. The van der Waals surface area contributed by atoms with Gasteiger partial charge >= 0.3 is 0 Å². The van der Waals surface area contributed by atoms with Gasteiger partial charge in [0, 0.05) is 18.8 Å². The van der Waals surface area contributed by atoms with Crippen LogP contribution in [0.1, 0.15) is 39.0 Å². The third-order valence-electron chi connectivity index (χ3n) is 3.32. The summed E-state index contributed by atoms with van der Waals surface area (Å²) in [5.74, 6) is 0.999. The first-order valence-electron chi connectivity index (χ1n) is 6.88. The molecule has 0 atom stereocenters. The van der Waals surface area contributed by atoms with Gasteiger partial charge in [-0.25, -0.2) is 0 Å². The van der Waals surface area contributed by atoms with E-state index >= 15 is 0 Å². The fraction of sp³-hybridized carbons (Fsp3) is 0.600. The fourth-order valence-electron chi connectivity index (χ4n) is 2.24. The molecule has 0 spiro atoms. The van der Waals surface area contributed by atoms with Crippen molar-refractivity contribution in [3.63, 3.8) is 0 Å². The molecule has 0 aliphatic carbocycles. The molecule has 0 amide bonds. The van der Waals surface area contributed by atoms with E-state index in [0.717, 1.165) is 18.8 Å². The van der Waals surface area contributed by atoms with E-state index in [9.17, 15) is 0 Å². The third kappa shape index (κ3) is 3.65. The van der Waals surface area contributed by atoms with Crippen LogP contribution >= 0.6 is 0 Å². The minimum Gasteiger partial charge on any atom is -0.494 e. The molecule has 17 heavy (non-hydrogen) atoms. The lowest BCUT2D eigenvalue weighted by molar-refractivity contribution is 0.309. The second-order valence-corrected chi connectivity index (χ2v) is 4.74. The second-order valence-electron chi connectivity index (χ2n) is 4.74. The molecule has 1 aromatic carbocycles. The van der Waals surface area contributed by atoms with Crippen LogP contribution in [0.5, 0.6) is 5.75 Å². The van der Waals surface area contributed by atoms with E-state index < -0.39 is 0 Å². The second kappa shape index (κ2) is 6.53. The van der Waals surface area contributed by atoms with E-state index in [4.69, 9.17) is 4.74 Å². The highest BCUT2D eigenvalue weighted by Crippen LogP contribution is 2.22. The summed E-state index contributed by atoms with van der Waals surface area (Å²) in [6, 6.07) is 8.57. The van der Waals surface area contributed by atoms with Crippen LogP contribution in [-0.4, -0.2) is 19.7 Å². The number of hydrogen-bond donors (Lipinski definition) is 0. The summed E-state index contributed by atoms with van der Waals surface area (Å²) in [5.41, 5.74) is 1.34.